The van der Waals surface area contributed by atoms with Gasteiger partial charge in [0.15, 0.2) is 5.78 Å². The lowest BCUT2D eigenvalue weighted by Crippen LogP contribution is -2.03. The second-order valence-corrected chi connectivity index (χ2v) is 5.48. The molecule has 2 aromatic carbocycles. The third-order valence-corrected chi connectivity index (χ3v) is 3.79. The second-order valence-electron chi connectivity index (χ2n) is 4.57. The van der Waals surface area contributed by atoms with Crippen LogP contribution in [0, 0.1) is 5.82 Å². The number of aromatic amines is 1. The highest BCUT2D eigenvalue weighted by molar-refractivity contribution is 9.10. The largest absolute Gasteiger partial charge is 0.496 e. The van der Waals surface area contributed by atoms with Crippen LogP contribution in [-0.2, 0) is 0 Å². The van der Waals surface area contributed by atoms with Crippen LogP contribution in [-0.4, -0.2) is 17.9 Å². The van der Waals surface area contributed by atoms with E-state index in [4.69, 9.17) is 4.74 Å². The Morgan fingerprint density at radius 2 is 2.00 bits per heavy atom. The Morgan fingerprint density at radius 1 is 1.19 bits per heavy atom. The molecule has 1 aromatic heterocycles. The van der Waals surface area contributed by atoms with Crippen LogP contribution in [0.15, 0.2) is 47.1 Å². The summed E-state index contributed by atoms with van der Waals surface area (Å²) in [5, 5.41) is 0.686. The van der Waals surface area contributed by atoms with Crippen molar-refractivity contribution in [3.8, 4) is 5.75 Å². The van der Waals surface area contributed by atoms with Crippen molar-refractivity contribution in [2.75, 3.05) is 7.11 Å². The molecule has 0 radical (unpaired) electrons. The monoisotopic (exact) mass is 347 g/mol. The van der Waals surface area contributed by atoms with Crippen molar-refractivity contribution in [2.45, 2.75) is 0 Å². The predicted molar refractivity (Wildman–Crippen MR) is 82.4 cm³/mol. The molecule has 0 unspecified atom stereocenters. The zero-order valence-electron chi connectivity index (χ0n) is 11.1. The molecule has 0 fully saturated rings. The molecule has 3 rings (SSSR count). The SMILES string of the molecule is COc1cc(Br)ccc1C(=O)c1c[nH]c2cc(F)ccc12. The average Bonchev–Trinajstić information content (AvgIpc) is 2.89. The number of hydrogen-bond acceptors (Lipinski definition) is 2. The highest BCUT2D eigenvalue weighted by atomic mass is 79.9. The standard InChI is InChI=1S/C16H11BrFNO2/c1-21-15-6-9(17)2-4-12(15)16(20)13-8-19-14-7-10(18)3-5-11(13)14/h2-8,19H,1H3. The van der Waals surface area contributed by atoms with Crippen molar-refractivity contribution in [1.29, 1.82) is 0 Å². The summed E-state index contributed by atoms with van der Waals surface area (Å²) in [6.45, 7) is 0. The number of ketones is 1. The fourth-order valence-electron chi connectivity index (χ4n) is 2.28. The van der Waals surface area contributed by atoms with Crippen molar-refractivity contribution < 1.29 is 13.9 Å². The van der Waals surface area contributed by atoms with Gasteiger partial charge in [-0.2, -0.15) is 0 Å². The van der Waals surface area contributed by atoms with Crippen LogP contribution in [0.2, 0.25) is 0 Å². The maximum Gasteiger partial charge on any atom is 0.198 e. The van der Waals surface area contributed by atoms with E-state index in [9.17, 15) is 9.18 Å². The molecule has 0 saturated carbocycles. The molecule has 0 spiro atoms. The van der Waals surface area contributed by atoms with Crippen LogP contribution in [0.5, 0.6) is 5.75 Å². The molecule has 106 valence electrons. The zero-order valence-corrected chi connectivity index (χ0v) is 12.7. The number of hydrogen-bond donors (Lipinski definition) is 1. The normalized spacial score (nSPS) is 10.8. The van der Waals surface area contributed by atoms with Gasteiger partial charge in [-0.1, -0.05) is 15.9 Å². The van der Waals surface area contributed by atoms with Gasteiger partial charge in [0.25, 0.3) is 0 Å². The number of halogens is 2. The lowest BCUT2D eigenvalue weighted by atomic mass is 10.0. The molecule has 0 aliphatic carbocycles. The second kappa shape index (κ2) is 5.33. The Hall–Kier alpha value is -2.14. The number of carbonyl (C=O) groups excluding carboxylic acids is 1. The van der Waals surface area contributed by atoms with E-state index in [2.05, 4.69) is 20.9 Å². The number of benzene rings is 2. The highest BCUT2D eigenvalue weighted by Crippen LogP contribution is 2.28. The van der Waals surface area contributed by atoms with Gasteiger partial charge in [-0.05, 0) is 36.4 Å². The molecule has 0 saturated heterocycles. The fraction of sp³-hybridized carbons (Fsp3) is 0.0625. The lowest BCUT2D eigenvalue weighted by Gasteiger charge is -2.07. The Balaban J connectivity index is 2.13. The minimum atomic E-state index is -0.343. The van der Waals surface area contributed by atoms with Gasteiger partial charge in [-0.25, -0.2) is 4.39 Å². The van der Waals surface area contributed by atoms with E-state index in [0.717, 1.165) is 4.47 Å². The summed E-state index contributed by atoms with van der Waals surface area (Å²) in [6.07, 6.45) is 1.59. The Bertz CT molecular complexity index is 841. The summed E-state index contributed by atoms with van der Waals surface area (Å²) in [6, 6.07) is 9.52. The van der Waals surface area contributed by atoms with Gasteiger partial charge in [-0.3, -0.25) is 4.79 Å². The van der Waals surface area contributed by atoms with Crippen LogP contribution in [0.4, 0.5) is 4.39 Å². The van der Waals surface area contributed by atoms with Gasteiger partial charge < -0.3 is 9.72 Å². The van der Waals surface area contributed by atoms with E-state index in [1.54, 1.807) is 30.5 Å². The molecule has 1 heterocycles. The summed E-state index contributed by atoms with van der Waals surface area (Å²) in [7, 11) is 1.52. The molecular formula is C16H11BrFNO2. The molecule has 5 heteroatoms. The van der Waals surface area contributed by atoms with E-state index < -0.39 is 0 Å². The molecule has 21 heavy (non-hydrogen) atoms. The van der Waals surface area contributed by atoms with E-state index in [1.807, 2.05) is 0 Å². The maximum absolute atomic E-state index is 13.2. The number of ether oxygens (including phenoxy) is 1. The summed E-state index contributed by atoms with van der Waals surface area (Å²) in [4.78, 5) is 15.6. The third kappa shape index (κ3) is 2.45. The first-order valence-electron chi connectivity index (χ1n) is 6.25. The molecule has 0 aliphatic heterocycles. The van der Waals surface area contributed by atoms with E-state index in [1.165, 1.54) is 19.2 Å². The van der Waals surface area contributed by atoms with Crippen LogP contribution in [0.25, 0.3) is 10.9 Å². The van der Waals surface area contributed by atoms with Gasteiger partial charge in [0.05, 0.1) is 12.7 Å². The molecule has 0 bridgehead atoms. The summed E-state index contributed by atoms with van der Waals surface area (Å²) < 4.78 is 19.3. The molecule has 1 N–H and O–H groups in total. The fourth-order valence-corrected chi connectivity index (χ4v) is 2.62. The topological polar surface area (TPSA) is 42.1 Å². The van der Waals surface area contributed by atoms with Crippen LogP contribution in [0.3, 0.4) is 0 Å². The predicted octanol–water partition coefficient (Wildman–Crippen LogP) is 4.31. The first-order chi connectivity index (χ1) is 10.1. The van der Waals surface area contributed by atoms with Gasteiger partial charge in [0.2, 0.25) is 0 Å². The maximum atomic E-state index is 13.2. The minimum absolute atomic E-state index is 0.169. The molecule has 3 nitrogen and oxygen atoms in total. The summed E-state index contributed by atoms with van der Waals surface area (Å²) >= 11 is 3.34. The molecule has 0 aliphatic rings. The summed E-state index contributed by atoms with van der Waals surface area (Å²) in [5.41, 5.74) is 1.55. The first kappa shape index (κ1) is 13.8. The number of H-pyrrole nitrogens is 1. The number of rotatable bonds is 3. The van der Waals surface area contributed by atoms with Crippen molar-refractivity contribution in [3.63, 3.8) is 0 Å². The number of methoxy groups -OCH3 is 1. The highest BCUT2D eigenvalue weighted by Gasteiger charge is 2.18. The Labute approximate surface area is 128 Å². The number of fused-ring (bicyclic) bond motifs is 1. The number of carbonyl (C=O) groups is 1. The van der Waals surface area contributed by atoms with Gasteiger partial charge in [0.1, 0.15) is 11.6 Å². The van der Waals surface area contributed by atoms with Gasteiger partial charge in [-0.15, -0.1) is 0 Å². The third-order valence-electron chi connectivity index (χ3n) is 3.30. The summed E-state index contributed by atoms with van der Waals surface area (Å²) in [5.74, 6) is -0.0207. The van der Waals surface area contributed by atoms with Crippen molar-refractivity contribution in [1.82, 2.24) is 4.98 Å². The quantitative estimate of drug-likeness (QED) is 0.717. The van der Waals surface area contributed by atoms with Gasteiger partial charge in [0, 0.05) is 27.1 Å². The zero-order chi connectivity index (χ0) is 15.0. The molecule has 0 atom stereocenters. The number of nitrogens with one attached hydrogen (secondary N) is 1. The smallest absolute Gasteiger partial charge is 0.198 e. The van der Waals surface area contributed by atoms with Crippen LogP contribution >= 0.6 is 15.9 Å². The first-order valence-corrected chi connectivity index (χ1v) is 7.04. The van der Waals surface area contributed by atoms with E-state index >= 15 is 0 Å². The van der Waals surface area contributed by atoms with Gasteiger partial charge >= 0.3 is 0 Å². The van der Waals surface area contributed by atoms with Crippen LogP contribution < -0.4 is 4.74 Å². The van der Waals surface area contributed by atoms with E-state index in [-0.39, 0.29) is 11.6 Å². The average molecular weight is 348 g/mol. The molecule has 3 aromatic rings. The molecule has 0 amide bonds. The van der Waals surface area contributed by atoms with Crippen molar-refractivity contribution in [2.24, 2.45) is 0 Å². The Kier molecular flexibility index (Phi) is 3.51. The molecular weight excluding hydrogens is 337 g/mol. The van der Waals surface area contributed by atoms with Crippen LogP contribution in [0.1, 0.15) is 15.9 Å². The van der Waals surface area contributed by atoms with Crippen molar-refractivity contribution >= 4 is 32.6 Å². The lowest BCUT2D eigenvalue weighted by molar-refractivity contribution is 0.103. The number of aromatic nitrogens is 1. The Morgan fingerprint density at radius 3 is 2.76 bits per heavy atom. The minimum Gasteiger partial charge on any atom is -0.496 e. The van der Waals surface area contributed by atoms with Crippen molar-refractivity contribution in [3.05, 3.63) is 64.0 Å². The van der Waals surface area contributed by atoms with E-state index in [0.29, 0.717) is 27.8 Å².